The summed E-state index contributed by atoms with van der Waals surface area (Å²) in [6.45, 7) is 6.93. The third kappa shape index (κ3) is 12.5. The van der Waals surface area contributed by atoms with Gasteiger partial charge in [-0.25, -0.2) is 0 Å². The van der Waals surface area contributed by atoms with E-state index in [1.54, 1.807) is 31.4 Å². The first kappa shape index (κ1) is 53.9. The Labute approximate surface area is 398 Å². The summed E-state index contributed by atoms with van der Waals surface area (Å²) >= 11 is 0. The molecule has 18 nitrogen and oxygen atoms in total. The van der Waals surface area contributed by atoms with Crippen molar-refractivity contribution in [3.63, 3.8) is 0 Å². The number of benzene rings is 3. The average molecular weight is 975 g/mol. The van der Waals surface area contributed by atoms with Crippen LogP contribution >= 0.6 is 0 Å². The smallest absolute Gasteiger partial charge is 0.305 e. The number of carbonyl (C=O) groups excluding carboxylic acids is 1. The number of aliphatic hydroxyl groups excluding tert-OH is 7. The van der Waals surface area contributed by atoms with E-state index >= 15 is 0 Å². The SMILES string of the molecule is COC(=O)CCCCCO[C@@H]1O[C@H](CO[Si](c2ccccc2)(c2ccccc2)C(C)(C)C)[C@H](O[C@@H]2O[C@H](CO)[C@H](O)[C@H](O)[C@H]2O)[C@H](OCc2ccc(OC)cc2)[C@H]1O[C@@H]1O[C@@H](C)[C@@H](O)[C@@H](O)[C@@H]1O. The van der Waals surface area contributed by atoms with E-state index in [1.807, 2.05) is 60.7 Å². The van der Waals surface area contributed by atoms with Gasteiger partial charge in [-0.1, -0.05) is 100.0 Å². The van der Waals surface area contributed by atoms with Crippen LogP contribution in [0, 0.1) is 0 Å². The van der Waals surface area contributed by atoms with E-state index in [4.69, 9.17) is 47.1 Å². The summed E-state index contributed by atoms with van der Waals surface area (Å²) in [5.74, 6) is 0.261. The standard InChI is InChI=1S/C49H70O18Si/c1-29-37(52)39(54)41(56)46(63-29)67-45-44(61-27-30-21-23-31(58-5)24-22-30)43(66-47-42(57)40(55)38(53)34(26-50)64-47)35(65-48(45)60-25-15-9-14-20-36(51)59-6)28-62-68(49(2,3)4,32-16-10-7-11-17-32)33-18-12-8-13-19-33/h7-8,10-13,16-19,21-24,29,34-35,37-48,50,52-57H,9,14-15,20,25-28H2,1-6H3/t29-,34+,35+,37+,38-,39+,40-,41-,42+,43-,44-,45+,46-,47-,48+/m0/s1. The second kappa shape index (κ2) is 24.6. The molecular formula is C49H70O18Si. The topological polar surface area (TPSA) is 251 Å². The number of aliphatic hydroxyl groups is 7. The highest BCUT2D eigenvalue weighted by Crippen LogP contribution is 2.40. The maximum atomic E-state index is 11.9. The Balaban J connectivity index is 1.46. The molecule has 0 aromatic heterocycles. The number of esters is 1. The van der Waals surface area contributed by atoms with Gasteiger partial charge in [-0.05, 0) is 52.9 Å². The van der Waals surface area contributed by atoms with Gasteiger partial charge in [0.05, 0.1) is 40.1 Å². The van der Waals surface area contributed by atoms with Crippen LogP contribution < -0.4 is 15.1 Å². The highest BCUT2D eigenvalue weighted by atomic mass is 28.4. The van der Waals surface area contributed by atoms with Crippen LogP contribution in [0.2, 0.25) is 5.04 Å². The average Bonchev–Trinajstić information content (AvgIpc) is 3.34. The third-order valence-corrected chi connectivity index (χ3v) is 17.9. The zero-order chi connectivity index (χ0) is 49.2. The van der Waals surface area contributed by atoms with Crippen LogP contribution in [0.4, 0.5) is 0 Å². The summed E-state index contributed by atoms with van der Waals surface area (Å²) in [6, 6.07) is 26.9. The van der Waals surface area contributed by atoms with Gasteiger partial charge >= 0.3 is 5.97 Å². The van der Waals surface area contributed by atoms with Crippen molar-refractivity contribution in [1.82, 2.24) is 0 Å². The van der Waals surface area contributed by atoms with E-state index in [-0.39, 0.29) is 32.2 Å². The van der Waals surface area contributed by atoms with E-state index < -0.39 is 112 Å². The molecule has 0 aliphatic carbocycles. The van der Waals surface area contributed by atoms with Crippen LogP contribution in [-0.2, 0) is 53.7 Å². The van der Waals surface area contributed by atoms with Gasteiger partial charge in [0.2, 0.25) is 0 Å². The molecule has 15 atom stereocenters. The lowest BCUT2D eigenvalue weighted by atomic mass is 9.96. The Hall–Kier alpha value is -3.45. The fourth-order valence-corrected chi connectivity index (χ4v) is 13.6. The number of hydrogen-bond donors (Lipinski definition) is 7. The molecule has 0 spiro atoms. The van der Waals surface area contributed by atoms with E-state index in [9.17, 15) is 40.5 Å². The molecule has 3 aliphatic rings. The minimum absolute atomic E-state index is 0.0859. The number of unbranched alkanes of at least 4 members (excludes halogenated alkanes) is 2. The summed E-state index contributed by atoms with van der Waals surface area (Å²) in [7, 11) is -0.442. The number of hydrogen-bond acceptors (Lipinski definition) is 18. The Morgan fingerprint density at radius 1 is 0.632 bits per heavy atom. The van der Waals surface area contributed by atoms with Gasteiger partial charge in [-0.2, -0.15) is 0 Å². The number of ether oxygens (including phenoxy) is 9. The molecule has 3 heterocycles. The maximum absolute atomic E-state index is 11.9. The van der Waals surface area contributed by atoms with E-state index in [1.165, 1.54) is 14.0 Å². The maximum Gasteiger partial charge on any atom is 0.305 e. The lowest BCUT2D eigenvalue weighted by Gasteiger charge is -2.51. The molecular weight excluding hydrogens is 905 g/mol. The monoisotopic (exact) mass is 974 g/mol. The van der Waals surface area contributed by atoms with Crippen LogP contribution in [0.5, 0.6) is 5.75 Å². The minimum atomic E-state index is -3.32. The Bertz CT molecular complexity index is 1920. The fourth-order valence-electron chi connectivity index (χ4n) is 8.99. The summed E-state index contributed by atoms with van der Waals surface area (Å²) in [6.07, 6.45) is -20.5. The fraction of sp³-hybridized carbons (Fsp3) is 0.612. The van der Waals surface area contributed by atoms with Crippen LogP contribution in [-0.4, -0.2) is 176 Å². The van der Waals surface area contributed by atoms with Crippen molar-refractivity contribution in [2.75, 3.05) is 34.0 Å². The molecule has 6 rings (SSSR count). The molecule has 378 valence electrons. The van der Waals surface area contributed by atoms with Crippen molar-refractivity contribution in [3.05, 3.63) is 90.5 Å². The lowest BCUT2D eigenvalue weighted by Crippen LogP contribution is -2.70. The zero-order valence-electron chi connectivity index (χ0n) is 39.5. The van der Waals surface area contributed by atoms with Crippen LogP contribution in [0.3, 0.4) is 0 Å². The summed E-state index contributed by atoms with van der Waals surface area (Å²) in [5, 5.41) is 77.6. The molecule has 3 aromatic carbocycles. The van der Waals surface area contributed by atoms with E-state index in [0.29, 0.717) is 30.6 Å². The molecule has 68 heavy (non-hydrogen) atoms. The molecule has 3 aliphatic heterocycles. The summed E-state index contributed by atoms with van der Waals surface area (Å²) < 4.78 is 63.0. The van der Waals surface area contributed by atoms with Crippen molar-refractivity contribution in [2.45, 2.75) is 157 Å². The molecule has 0 radical (unpaired) electrons. The predicted molar refractivity (Wildman–Crippen MR) is 246 cm³/mol. The van der Waals surface area contributed by atoms with E-state index in [2.05, 4.69) is 20.8 Å². The molecule has 19 heteroatoms. The highest BCUT2D eigenvalue weighted by molar-refractivity contribution is 6.99. The predicted octanol–water partition coefficient (Wildman–Crippen LogP) is 1.03. The van der Waals surface area contributed by atoms with Gasteiger partial charge in [0.25, 0.3) is 8.32 Å². The van der Waals surface area contributed by atoms with Gasteiger partial charge in [-0.15, -0.1) is 0 Å². The van der Waals surface area contributed by atoms with Crippen molar-refractivity contribution in [2.24, 2.45) is 0 Å². The van der Waals surface area contributed by atoms with Crippen molar-refractivity contribution >= 4 is 24.7 Å². The number of rotatable bonds is 21. The van der Waals surface area contributed by atoms with Crippen molar-refractivity contribution in [1.29, 1.82) is 0 Å². The lowest BCUT2D eigenvalue weighted by molar-refractivity contribution is -0.389. The molecule has 3 saturated heterocycles. The van der Waals surface area contributed by atoms with Gasteiger partial charge in [0.1, 0.15) is 72.9 Å². The number of methoxy groups -OCH3 is 2. The van der Waals surface area contributed by atoms with Crippen molar-refractivity contribution in [3.8, 4) is 5.75 Å². The van der Waals surface area contributed by atoms with E-state index in [0.717, 1.165) is 10.4 Å². The van der Waals surface area contributed by atoms with Gasteiger partial charge < -0.3 is 82.8 Å². The second-order valence-corrected chi connectivity index (χ2v) is 22.8. The molecule has 0 saturated carbocycles. The molecule has 0 unspecified atom stereocenters. The molecule has 7 N–H and O–H groups in total. The van der Waals surface area contributed by atoms with Crippen molar-refractivity contribution < 1.29 is 87.6 Å². The van der Waals surface area contributed by atoms with Crippen LogP contribution in [0.15, 0.2) is 84.9 Å². The zero-order valence-corrected chi connectivity index (χ0v) is 40.5. The Morgan fingerprint density at radius 2 is 1.21 bits per heavy atom. The summed E-state index contributed by atoms with van der Waals surface area (Å²) in [5.41, 5.74) is 0.687. The minimum Gasteiger partial charge on any atom is -0.497 e. The molecule has 3 aromatic rings. The Kier molecular flexibility index (Phi) is 19.5. The number of carbonyl (C=O) groups is 1. The normalized spacial score (nSPS) is 32.4. The first-order valence-corrected chi connectivity index (χ1v) is 25.1. The van der Waals surface area contributed by atoms with Gasteiger partial charge in [0.15, 0.2) is 18.9 Å². The molecule has 0 amide bonds. The van der Waals surface area contributed by atoms with Crippen LogP contribution in [0.1, 0.15) is 58.9 Å². The third-order valence-electron chi connectivity index (χ3n) is 12.8. The molecule has 0 bridgehead atoms. The van der Waals surface area contributed by atoms with Gasteiger partial charge in [-0.3, -0.25) is 4.79 Å². The van der Waals surface area contributed by atoms with Gasteiger partial charge in [0, 0.05) is 13.0 Å². The Morgan fingerprint density at radius 3 is 1.78 bits per heavy atom. The second-order valence-electron chi connectivity index (χ2n) is 18.5. The summed E-state index contributed by atoms with van der Waals surface area (Å²) in [4.78, 5) is 11.9. The largest absolute Gasteiger partial charge is 0.497 e. The molecule has 3 fully saturated rings. The first-order valence-electron chi connectivity index (χ1n) is 23.2. The highest BCUT2D eigenvalue weighted by Gasteiger charge is 2.57. The quantitative estimate of drug-likeness (QED) is 0.0447. The first-order chi connectivity index (χ1) is 32.5. The van der Waals surface area contributed by atoms with Crippen LogP contribution in [0.25, 0.3) is 0 Å².